The van der Waals surface area contributed by atoms with Crippen molar-refractivity contribution in [3.05, 3.63) is 54.1 Å². The van der Waals surface area contributed by atoms with E-state index in [-0.39, 0.29) is 0 Å². The van der Waals surface area contributed by atoms with Gasteiger partial charge in [0.25, 0.3) is 0 Å². The first-order chi connectivity index (χ1) is 9.22. The van der Waals surface area contributed by atoms with Gasteiger partial charge in [0.2, 0.25) is 0 Å². The van der Waals surface area contributed by atoms with Crippen molar-refractivity contribution < 1.29 is 0 Å². The zero-order valence-electron chi connectivity index (χ0n) is 10.5. The summed E-state index contributed by atoms with van der Waals surface area (Å²) in [5.41, 5.74) is 8.95. The number of hydrogen-bond donors (Lipinski definition) is 1. The standard InChI is InChI=1S/C15H14N2S2/c1-10(11-5-3-2-4-6-11)18-15-17-13-8-7-12(16)9-14(13)19-15/h2-10H,16H2,1H3/t10-/m0/s1. The third-order valence-electron chi connectivity index (χ3n) is 2.94. The molecule has 0 radical (unpaired) electrons. The minimum Gasteiger partial charge on any atom is -0.399 e. The van der Waals surface area contributed by atoms with Crippen molar-refractivity contribution in [1.29, 1.82) is 0 Å². The van der Waals surface area contributed by atoms with Gasteiger partial charge in [-0.05, 0) is 30.7 Å². The van der Waals surface area contributed by atoms with Gasteiger partial charge in [0, 0.05) is 10.9 Å². The molecule has 0 unspecified atom stereocenters. The van der Waals surface area contributed by atoms with Crippen LogP contribution < -0.4 is 5.73 Å². The minimum absolute atomic E-state index is 0.402. The lowest BCUT2D eigenvalue weighted by Gasteiger charge is -2.08. The van der Waals surface area contributed by atoms with Crippen molar-refractivity contribution in [3.8, 4) is 0 Å². The number of nitrogen functional groups attached to an aromatic ring is 1. The van der Waals surface area contributed by atoms with Gasteiger partial charge in [0.05, 0.1) is 10.2 Å². The molecule has 0 spiro atoms. The van der Waals surface area contributed by atoms with Crippen LogP contribution in [-0.2, 0) is 0 Å². The van der Waals surface area contributed by atoms with Gasteiger partial charge < -0.3 is 5.73 Å². The van der Waals surface area contributed by atoms with Crippen LogP contribution in [0.2, 0.25) is 0 Å². The fourth-order valence-corrected chi connectivity index (χ4v) is 4.30. The second-order valence-electron chi connectivity index (χ2n) is 4.38. The first-order valence-corrected chi connectivity index (χ1v) is 7.79. The predicted molar refractivity (Wildman–Crippen MR) is 84.7 cm³/mol. The van der Waals surface area contributed by atoms with Gasteiger partial charge in [0.15, 0.2) is 4.34 Å². The van der Waals surface area contributed by atoms with Crippen LogP contribution in [0.5, 0.6) is 0 Å². The molecule has 0 aliphatic rings. The number of nitrogens with two attached hydrogens (primary N) is 1. The monoisotopic (exact) mass is 286 g/mol. The normalized spacial score (nSPS) is 12.7. The lowest BCUT2D eigenvalue weighted by atomic mass is 10.2. The smallest absolute Gasteiger partial charge is 0.151 e. The highest BCUT2D eigenvalue weighted by atomic mass is 32.2. The third kappa shape index (κ3) is 2.74. The molecule has 1 aromatic heterocycles. The molecule has 0 aliphatic carbocycles. The summed E-state index contributed by atoms with van der Waals surface area (Å²) >= 11 is 3.50. The summed E-state index contributed by atoms with van der Waals surface area (Å²) in [5.74, 6) is 0. The van der Waals surface area contributed by atoms with Crippen LogP contribution in [0.15, 0.2) is 52.9 Å². The molecule has 1 atom stereocenters. The SMILES string of the molecule is C[C@H](Sc1nc2ccc(N)cc2s1)c1ccccc1. The molecule has 0 bridgehead atoms. The van der Waals surface area contributed by atoms with E-state index in [0.29, 0.717) is 5.25 Å². The van der Waals surface area contributed by atoms with Crippen LogP contribution in [0.25, 0.3) is 10.2 Å². The lowest BCUT2D eigenvalue weighted by molar-refractivity contribution is 1.09. The fraction of sp³-hybridized carbons (Fsp3) is 0.133. The molecule has 2 nitrogen and oxygen atoms in total. The summed E-state index contributed by atoms with van der Waals surface area (Å²) in [6, 6.07) is 16.4. The van der Waals surface area contributed by atoms with E-state index in [1.165, 1.54) is 5.56 Å². The summed E-state index contributed by atoms with van der Waals surface area (Å²) < 4.78 is 2.25. The van der Waals surface area contributed by atoms with Gasteiger partial charge in [-0.1, -0.05) is 42.1 Å². The summed E-state index contributed by atoms with van der Waals surface area (Å²) in [5, 5.41) is 0.402. The van der Waals surface area contributed by atoms with Crippen LogP contribution in [0, 0.1) is 0 Å². The van der Waals surface area contributed by atoms with Crippen molar-refractivity contribution in [3.63, 3.8) is 0 Å². The molecule has 1 heterocycles. The summed E-state index contributed by atoms with van der Waals surface area (Å²) in [7, 11) is 0. The highest BCUT2D eigenvalue weighted by molar-refractivity contribution is 8.01. The van der Waals surface area contributed by atoms with E-state index in [2.05, 4.69) is 36.2 Å². The maximum Gasteiger partial charge on any atom is 0.151 e. The average molecular weight is 286 g/mol. The number of anilines is 1. The molecule has 3 rings (SSSR count). The molecular formula is C15H14N2S2. The van der Waals surface area contributed by atoms with E-state index in [1.807, 2.05) is 24.3 Å². The number of nitrogens with zero attached hydrogens (tertiary/aromatic N) is 1. The van der Waals surface area contributed by atoms with Gasteiger partial charge in [-0.3, -0.25) is 0 Å². The Morgan fingerprint density at radius 1 is 1.16 bits per heavy atom. The van der Waals surface area contributed by atoms with Crippen LogP contribution >= 0.6 is 23.1 Å². The highest BCUT2D eigenvalue weighted by Crippen LogP contribution is 2.39. The largest absolute Gasteiger partial charge is 0.399 e. The zero-order valence-corrected chi connectivity index (χ0v) is 12.2. The van der Waals surface area contributed by atoms with E-state index in [9.17, 15) is 0 Å². The Bertz CT molecular complexity index is 692. The number of rotatable bonds is 3. The topological polar surface area (TPSA) is 38.9 Å². The maximum atomic E-state index is 5.80. The summed E-state index contributed by atoms with van der Waals surface area (Å²) in [6.07, 6.45) is 0. The zero-order chi connectivity index (χ0) is 13.2. The van der Waals surface area contributed by atoms with E-state index in [1.54, 1.807) is 23.1 Å². The molecule has 0 fully saturated rings. The molecule has 2 aromatic carbocycles. The molecule has 96 valence electrons. The molecule has 0 amide bonds. The van der Waals surface area contributed by atoms with Crippen molar-refractivity contribution in [2.75, 3.05) is 5.73 Å². The predicted octanol–water partition coefficient (Wildman–Crippen LogP) is 4.73. The van der Waals surface area contributed by atoms with Gasteiger partial charge in [0.1, 0.15) is 0 Å². The Balaban J connectivity index is 1.85. The quantitative estimate of drug-likeness (QED) is 0.558. The molecule has 3 aromatic rings. The Hall–Kier alpha value is -1.52. The maximum absolute atomic E-state index is 5.80. The van der Waals surface area contributed by atoms with Gasteiger partial charge >= 0.3 is 0 Å². The molecule has 0 saturated heterocycles. The van der Waals surface area contributed by atoms with Crippen molar-refractivity contribution in [2.45, 2.75) is 16.5 Å². The van der Waals surface area contributed by atoms with Crippen LogP contribution in [-0.4, -0.2) is 4.98 Å². The molecular weight excluding hydrogens is 272 g/mol. The third-order valence-corrected chi connectivity index (χ3v) is 5.21. The Kier molecular flexibility index (Phi) is 3.44. The number of hydrogen-bond acceptors (Lipinski definition) is 4. The fourth-order valence-electron chi connectivity index (χ4n) is 1.91. The molecule has 2 N–H and O–H groups in total. The highest BCUT2D eigenvalue weighted by Gasteiger charge is 2.11. The Morgan fingerprint density at radius 2 is 1.95 bits per heavy atom. The summed E-state index contributed by atoms with van der Waals surface area (Å²) in [4.78, 5) is 4.65. The molecule has 19 heavy (non-hydrogen) atoms. The van der Waals surface area contributed by atoms with Crippen molar-refractivity contribution in [1.82, 2.24) is 4.98 Å². The lowest BCUT2D eigenvalue weighted by Crippen LogP contribution is -1.86. The number of fused-ring (bicyclic) bond motifs is 1. The second kappa shape index (κ2) is 5.23. The molecule has 0 saturated carbocycles. The van der Waals surface area contributed by atoms with E-state index in [0.717, 1.165) is 20.2 Å². The van der Waals surface area contributed by atoms with Gasteiger partial charge in [-0.2, -0.15) is 0 Å². The Morgan fingerprint density at radius 3 is 2.74 bits per heavy atom. The summed E-state index contributed by atoms with van der Waals surface area (Å²) in [6.45, 7) is 2.21. The van der Waals surface area contributed by atoms with Crippen LogP contribution in [0.1, 0.15) is 17.7 Å². The van der Waals surface area contributed by atoms with Crippen LogP contribution in [0.3, 0.4) is 0 Å². The molecule has 0 aliphatic heterocycles. The first-order valence-electron chi connectivity index (χ1n) is 6.10. The minimum atomic E-state index is 0.402. The number of benzene rings is 2. The number of thioether (sulfide) groups is 1. The molecule has 4 heteroatoms. The van der Waals surface area contributed by atoms with Crippen molar-refractivity contribution in [2.24, 2.45) is 0 Å². The van der Waals surface area contributed by atoms with Crippen LogP contribution in [0.4, 0.5) is 5.69 Å². The van der Waals surface area contributed by atoms with E-state index >= 15 is 0 Å². The number of aromatic nitrogens is 1. The van der Waals surface area contributed by atoms with Crippen molar-refractivity contribution >= 4 is 39.0 Å². The van der Waals surface area contributed by atoms with Gasteiger partial charge in [-0.25, -0.2) is 4.98 Å². The van der Waals surface area contributed by atoms with E-state index < -0.39 is 0 Å². The van der Waals surface area contributed by atoms with Gasteiger partial charge in [-0.15, -0.1) is 11.3 Å². The van der Waals surface area contributed by atoms with E-state index in [4.69, 9.17) is 5.73 Å². The average Bonchev–Trinajstić information content (AvgIpc) is 2.81. The Labute approximate surface area is 120 Å². The second-order valence-corrected chi connectivity index (χ2v) is 7.00. The number of thiazole rings is 1. The first kappa shape index (κ1) is 12.5.